The minimum atomic E-state index is -0.596. The number of carbonyl (C=O) groups is 1. The molecule has 0 aromatic heterocycles. The van der Waals surface area contributed by atoms with Crippen molar-refractivity contribution in [3.8, 4) is 6.19 Å². The molecular formula is C5H7N3O2. The molecule has 0 aromatic rings. The fraction of sp³-hybridized carbons (Fsp3) is 0.200. The topological polar surface area (TPSA) is 88.1 Å². The van der Waals surface area contributed by atoms with Crippen molar-refractivity contribution < 1.29 is 9.53 Å². The molecule has 0 saturated carbocycles. The van der Waals surface area contributed by atoms with Crippen LogP contribution in [0.4, 0.5) is 0 Å². The molecule has 1 amide bonds. The van der Waals surface area contributed by atoms with Crippen molar-refractivity contribution in [2.24, 2.45) is 5.73 Å². The highest BCUT2D eigenvalue weighted by Crippen LogP contribution is 1.81. The van der Waals surface area contributed by atoms with Gasteiger partial charge in [0.05, 0.1) is 13.2 Å². The second kappa shape index (κ2) is 4.21. The summed E-state index contributed by atoms with van der Waals surface area (Å²) in [7, 11) is 1.32. The van der Waals surface area contributed by atoms with Gasteiger partial charge in [-0.15, -0.1) is 0 Å². The van der Waals surface area contributed by atoms with Crippen molar-refractivity contribution in [3.63, 3.8) is 0 Å². The lowest BCUT2D eigenvalue weighted by Gasteiger charge is -1.95. The van der Waals surface area contributed by atoms with Gasteiger partial charge in [-0.1, -0.05) is 0 Å². The van der Waals surface area contributed by atoms with Gasteiger partial charge in [0, 0.05) is 0 Å². The Hall–Kier alpha value is -1.70. The maximum atomic E-state index is 10.4. The summed E-state index contributed by atoms with van der Waals surface area (Å²) in [4.78, 5) is 10.4. The van der Waals surface area contributed by atoms with E-state index in [4.69, 9.17) is 11.0 Å². The van der Waals surface area contributed by atoms with E-state index in [-0.39, 0.29) is 5.88 Å². The Morgan fingerprint density at radius 3 is 2.90 bits per heavy atom. The molecule has 0 bridgehead atoms. The number of hydrogen-bond donors (Lipinski definition) is 2. The average Bonchev–Trinajstić information content (AvgIpc) is 1.88. The second-order valence-electron chi connectivity index (χ2n) is 1.35. The summed E-state index contributed by atoms with van der Waals surface area (Å²) in [5, 5.41) is 9.77. The Morgan fingerprint density at radius 2 is 2.50 bits per heavy atom. The zero-order chi connectivity index (χ0) is 7.98. The summed E-state index contributed by atoms with van der Waals surface area (Å²) < 4.78 is 4.44. The Bertz CT molecular complexity index is 192. The number of nitrogens with zero attached hydrogens (tertiary/aromatic N) is 1. The van der Waals surface area contributed by atoms with Crippen molar-refractivity contribution in [1.82, 2.24) is 5.32 Å². The van der Waals surface area contributed by atoms with E-state index < -0.39 is 5.91 Å². The van der Waals surface area contributed by atoms with E-state index in [1.165, 1.54) is 13.3 Å². The zero-order valence-corrected chi connectivity index (χ0v) is 5.42. The first-order valence-electron chi connectivity index (χ1n) is 2.41. The van der Waals surface area contributed by atoms with E-state index in [0.29, 0.717) is 0 Å². The standard InChI is InChI=1S/C5H7N3O2/c1-10-4(7)2-5(9)8-3-6/h2H,7H2,1H3,(H,8,9)/b4-2-. The van der Waals surface area contributed by atoms with Gasteiger partial charge in [-0.2, -0.15) is 5.26 Å². The molecule has 0 rings (SSSR count). The summed E-state index contributed by atoms with van der Waals surface area (Å²) >= 11 is 0. The third-order valence-electron chi connectivity index (χ3n) is 0.688. The van der Waals surface area contributed by atoms with Gasteiger partial charge >= 0.3 is 0 Å². The number of rotatable bonds is 2. The molecule has 0 radical (unpaired) electrons. The molecule has 54 valence electrons. The maximum Gasteiger partial charge on any atom is 0.262 e. The van der Waals surface area contributed by atoms with Gasteiger partial charge in [0.15, 0.2) is 12.1 Å². The SMILES string of the molecule is CO/C(N)=C\C(=O)NC#N. The minimum Gasteiger partial charge on any atom is -0.483 e. The summed E-state index contributed by atoms with van der Waals surface area (Å²) in [5.74, 6) is -0.630. The molecular weight excluding hydrogens is 134 g/mol. The van der Waals surface area contributed by atoms with Crippen molar-refractivity contribution >= 4 is 5.91 Å². The van der Waals surface area contributed by atoms with Crippen molar-refractivity contribution in [3.05, 3.63) is 12.0 Å². The fourth-order valence-electron chi connectivity index (χ4n) is 0.279. The van der Waals surface area contributed by atoms with Crippen LogP contribution in [0.15, 0.2) is 12.0 Å². The fourth-order valence-corrected chi connectivity index (χ4v) is 0.279. The molecule has 5 nitrogen and oxygen atoms in total. The number of nitrogens with one attached hydrogen (secondary N) is 1. The van der Waals surface area contributed by atoms with E-state index in [0.717, 1.165) is 6.08 Å². The quantitative estimate of drug-likeness (QED) is 0.224. The smallest absolute Gasteiger partial charge is 0.262 e. The van der Waals surface area contributed by atoms with Gasteiger partial charge in [0.1, 0.15) is 0 Å². The second-order valence-corrected chi connectivity index (χ2v) is 1.35. The number of ether oxygens (including phenoxy) is 1. The third kappa shape index (κ3) is 3.32. The molecule has 0 aliphatic rings. The summed E-state index contributed by atoms with van der Waals surface area (Å²) in [6.45, 7) is 0. The van der Waals surface area contributed by atoms with Crippen LogP contribution in [0.5, 0.6) is 0 Å². The zero-order valence-electron chi connectivity index (χ0n) is 5.42. The molecule has 0 aliphatic heterocycles. The lowest BCUT2D eigenvalue weighted by Crippen LogP contribution is -2.16. The first kappa shape index (κ1) is 8.30. The third-order valence-corrected chi connectivity index (χ3v) is 0.688. The van der Waals surface area contributed by atoms with Gasteiger partial charge in [0.2, 0.25) is 0 Å². The first-order chi connectivity index (χ1) is 4.70. The Balaban J connectivity index is 3.90. The molecule has 0 aliphatic carbocycles. The number of nitriles is 1. The van der Waals surface area contributed by atoms with Crippen LogP contribution in [0, 0.1) is 11.5 Å². The van der Waals surface area contributed by atoms with Gasteiger partial charge in [-0.3, -0.25) is 10.1 Å². The lowest BCUT2D eigenvalue weighted by atomic mass is 10.5. The molecule has 10 heavy (non-hydrogen) atoms. The molecule has 0 saturated heterocycles. The van der Waals surface area contributed by atoms with E-state index in [9.17, 15) is 4.79 Å². The molecule has 0 heterocycles. The number of hydrogen-bond acceptors (Lipinski definition) is 4. The lowest BCUT2D eigenvalue weighted by molar-refractivity contribution is -0.115. The molecule has 0 spiro atoms. The van der Waals surface area contributed by atoms with Crippen LogP contribution in [0.2, 0.25) is 0 Å². The van der Waals surface area contributed by atoms with Crippen LogP contribution in [0.1, 0.15) is 0 Å². The van der Waals surface area contributed by atoms with Crippen LogP contribution in [-0.2, 0) is 9.53 Å². The van der Waals surface area contributed by atoms with Crippen LogP contribution in [-0.4, -0.2) is 13.0 Å². The van der Waals surface area contributed by atoms with Crippen LogP contribution < -0.4 is 11.1 Å². The molecule has 0 fully saturated rings. The predicted octanol–water partition coefficient (Wildman–Crippen LogP) is -0.970. The summed E-state index contributed by atoms with van der Waals surface area (Å²) in [5.41, 5.74) is 5.07. The van der Waals surface area contributed by atoms with Crippen LogP contribution in [0.3, 0.4) is 0 Å². The normalized spacial score (nSPS) is 9.80. The van der Waals surface area contributed by atoms with E-state index >= 15 is 0 Å². The molecule has 5 heteroatoms. The average molecular weight is 141 g/mol. The van der Waals surface area contributed by atoms with Gasteiger partial charge in [-0.25, -0.2) is 0 Å². The highest BCUT2D eigenvalue weighted by atomic mass is 16.5. The number of amides is 1. The van der Waals surface area contributed by atoms with E-state index in [1.54, 1.807) is 0 Å². The summed E-state index contributed by atoms with van der Waals surface area (Å²) in [6.07, 6.45) is 2.42. The number of methoxy groups -OCH3 is 1. The monoisotopic (exact) mass is 141 g/mol. The molecule has 3 N–H and O–H groups in total. The minimum absolute atomic E-state index is 0.0345. The van der Waals surface area contributed by atoms with Gasteiger partial charge < -0.3 is 10.5 Å². The predicted molar refractivity (Wildman–Crippen MR) is 33.0 cm³/mol. The van der Waals surface area contributed by atoms with Crippen LogP contribution >= 0.6 is 0 Å². The van der Waals surface area contributed by atoms with Crippen LogP contribution in [0.25, 0.3) is 0 Å². The highest BCUT2D eigenvalue weighted by Gasteiger charge is 1.94. The van der Waals surface area contributed by atoms with Crippen molar-refractivity contribution in [2.45, 2.75) is 0 Å². The van der Waals surface area contributed by atoms with Gasteiger partial charge in [0.25, 0.3) is 5.91 Å². The largest absolute Gasteiger partial charge is 0.483 e. The van der Waals surface area contributed by atoms with Gasteiger partial charge in [-0.05, 0) is 0 Å². The molecule has 0 aromatic carbocycles. The Kier molecular flexibility index (Phi) is 3.49. The van der Waals surface area contributed by atoms with Crippen molar-refractivity contribution in [2.75, 3.05) is 7.11 Å². The number of nitrogens with two attached hydrogens (primary N) is 1. The first-order valence-corrected chi connectivity index (χ1v) is 2.41. The molecule has 0 unspecified atom stereocenters. The molecule has 0 atom stereocenters. The Labute approximate surface area is 58.1 Å². The Morgan fingerprint density at radius 1 is 1.90 bits per heavy atom. The maximum absolute atomic E-state index is 10.4. The summed E-state index contributed by atoms with van der Waals surface area (Å²) in [6, 6.07) is 0. The van der Waals surface area contributed by atoms with Crippen molar-refractivity contribution in [1.29, 1.82) is 5.26 Å². The highest BCUT2D eigenvalue weighted by molar-refractivity contribution is 5.88. The van der Waals surface area contributed by atoms with E-state index in [2.05, 4.69) is 4.74 Å². The number of carbonyl (C=O) groups excluding carboxylic acids is 1. The van der Waals surface area contributed by atoms with E-state index in [1.807, 2.05) is 5.32 Å².